The van der Waals surface area contributed by atoms with Crippen LogP contribution in [0.25, 0.3) is 17.1 Å². The number of carbonyl (C=O) groups excluding carboxylic acids is 1. The van der Waals surface area contributed by atoms with E-state index >= 15 is 0 Å². The number of fused-ring (bicyclic) bond motifs is 2. The summed E-state index contributed by atoms with van der Waals surface area (Å²) in [6, 6.07) is 13.7. The highest BCUT2D eigenvalue weighted by Crippen LogP contribution is 2.38. The van der Waals surface area contributed by atoms with Gasteiger partial charge in [-0.2, -0.15) is 0 Å². The molecule has 1 aromatic heterocycles. The van der Waals surface area contributed by atoms with Crippen molar-refractivity contribution in [3.63, 3.8) is 0 Å². The van der Waals surface area contributed by atoms with Gasteiger partial charge in [-0.15, -0.1) is 0 Å². The summed E-state index contributed by atoms with van der Waals surface area (Å²) < 4.78 is 11.3. The Morgan fingerprint density at radius 2 is 1.90 bits per heavy atom. The highest BCUT2D eigenvalue weighted by molar-refractivity contribution is 5.92. The van der Waals surface area contributed by atoms with Gasteiger partial charge in [0.2, 0.25) is 5.91 Å². The van der Waals surface area contributed by atoms with Gasteiger partial charge in [0, 0.05) is 12.6 Å². The molecule has 3 heterocycles. The molecule has 1 fully saturated rings. The van der Waals surface area contributed by atoms with Gasteiger partial charge < -0.3 is 14.4 Å². The van der Waals surface area contributed by atoms with Gasteiger partial charge in [0.25, 0.3) is 0 Å². The minimum absolute atomic E-state index is 0.0163. The van der Waals surface area contributed by atoms with E-state index < -0.39 is 0 Å². The van der Waals surface area contributed by atoms with Crippen LogP contribution in [-0.4, -0.2) is 40.5 Å². The Hall–Kier alpha value is -3.41. The molecule has 6 nitrogen and oxygen atoms in total. The summed E-state index contributed by atoms with van der Waals surface area (Å²) in [5.74, 6) is 1.51. The van der Waals surface area contributed by atoms with Gasteiger partial charge in [0.05, 0.1) is 29.0 Å². The third-order valence-electron chi connectivity index (χ3n) is 5.35. The first-order valence-corrected chi connectivity index (χ1v) is 9.88. The molecule has 0 radical (unpaired) electrons. The topological polar surface area (TPSA) is 64.6 Å². The van der Waals surface area contributed by atoms with Crippen molar-refractivity contribution in [3.05, 3.63) is 66.0 Å². The number of benzene rings is 2. The molecule has 1 atom stereocenters. The van der Waals surface area contributed by atoms with Crippen LogP contribution in [0.1, 0.15) is 30.1 Å². The number of para-hydroxylation sites is 2. The first-order chi connectivity index (χ1) is 14.3. The maximum absolute atomic E-state index is 12.9. The maximum atomic E-state index is 12.9. The summed E-state index contributed by atoms with van der Waals surface area (Å²) >= 11 is 0. The summed E-state index contributed by atoms with van der Waals surface area (Å²) in [5.41, 5.74) is 3.41. The van der Waals surface area contributed by atoms with Gasteiger partial charge in [-0.1, -0.05) is 18.2 Å². The predicted octanol–water partition coefficient (Wildman–Crippen LogP) is 3.78. The van der Waals surface area contributed by atoms with E-state index in [1.54, 1.807) is 18.3 Å². The van der Waals surface area contributed by atoms with Crippen LogP contribution in [0.4, 0.5) is 0 Å². The van der Waals surface area contributed by atoms with Crippen molar-refractivity contribution in [2.45, 2.75) is 18.9 Å². The molecule has 2 aliphatic rings. The Morgan fingerprint density at radius 1 is 1.07 bits per heavy atom. The van der Waals surface area contributed by atoms with Crippen LogP contribution < -0.4 is 9.47 Å². The molecule has 2 aliphatic heterocycles. The molecule has 5 rings (SSSR count). The van der Waals surface area contributed by atoms with E-state index in [1.165, 1.54) is 0 Å². The number of likely N-dealkylation sites (tertiary alicyclic amines) is 1. The molecule has 3 aromatic rings. The van der Waals surface area contributed by atoms with Crippen LogP contribution in [0.15, 0.2) is 54.7 Å². The van der Waals surface area contributed by atoms with Crippen molar-refractivity contribution >= 4 is 23.0 Å². The van der Waals surface area contributed by atoms with E-state index in [0.717, 1.165) is 47.5 Å². The van der Waals surface area contributed by atoms with E-state index in [4.69, 9.17) is 9.47 Å². The first-order valence-electron chi connectivity index (χ1n) is 9.88. The molecule has 6 heteroatoms. The number of rotatable bonds is 3. The third kappa shape index (κ3) is 3.53. The van der Waals surface area contributed by atoms with Crippen molar-refractivity contribution in [2.24, 2.45) is 0 Å². The Kier molecular flexibility index (Phi) is 4.60. The van der Waals surface area contributed by atoms with Crippen LogP contribution in [0.3, 0.4) is 0 Å². The lowest BCUT2D eigenvalue weighted by molar-refractivity contribution is -0.126. The largest absolute Gasteiger partial charge is 0.486 e. The highest BCUT2D eigenvalue weighted by Gasteiger charge is 2.29. The first kappa shape index (κ1) is 17.7. The second-order valence-electron chi connectivity index (χ2n) is 7.21. The summed E-state index contributed by atoms with van der Waals surface area (Å²) in [6.45, 7) is 1.87. The Bertz CT molecular complexity index is 1100. The predicted molar refractivity (Wildman–Crippen MR) is 110 cm³/mol. The second-order valence-corrected chi connectivity index (χ2v) is 7.21. The molecule has 0 saturated carbocycles. The zero-order chi connectivity index (χ0) is 19.6. The molecule has 146 valence electrons. The molecule has 1 unspecified atom stereocenters. The average molecular weight is 387 g/mol. The van der Waals surface area contributed by atoms with Gasteiger partial charge in [-0.25, -0.2) is 4.98 Å². The lowest BCUT2D eigenvalue weighted by Gasteiger charge is -2.26. The van der Waals surface area contributed by atoms with Gasteiger partial charge >= 0.3 is 0 Å². The number of aromatic nitrogens is 2. The molecule has 0 spiro atoms. The fraction of sp³-hybridized carbons (Fsp3) is 0.261. The highest BCUT2D eigenvalue weighted by atomic mass is 16.6. The van der Waals surface area contributed by atoms with Crippen molar-refractivity contribution in [1.82, 2.24) is 14.9 Å². The van der Waals surface area contributed by atoms with Gasteiger partial charge in [0.15, 0.2) is 11.5 Å². The summed E-state index contributed by atoms with van der Waals surface area (Å²) in [7, 11) is 0. The zero-order valence-electron chi connectivity index (χ0n) is 16.0. The lowest BCUT2D eigenvalue weighted by Crippen LogP contribution is -2.29. The zero-order valence-corrected chi connectivity index (χ0v) is 16.0. The quantitative estimate of drug-likeness (QED) is 0.640. The number of nitrogens with zero attached hydrogens (tertiary/aromatic N) is 3. The van der Waals surface area contributed by atoms with Crippen molar-refractivity contribution in [2.75, 3.05) is 19.8 Å². The monoisotopic (exact) mass is 387 g/mol. The van der Waals surface area contributed by atoms with Crippen molar-refractivity contribution in [1.29, 1.82) is 0 Å². The minimum Gasteiger partial charge on any atom is -0.486 e. The fourth-order valence-electron chi connectivity index (χ4n) is 3.95. The molecule has 0 aliphatic carbocycles. The number of hydrogen-bond acceptors (Lipinski definition) is 5. The maximum Gasteiger partial charge on any atom is 0.247 e. The fourth-order valence-corrected chi connectivity index (χ4v) is 3.95. The van der Waals surface area contributed by atoms with Crippen molar-refractivity contribution < 1.29 is 14.3 Å². The summed E-state index contributed by atoms with van der Waals surface area (Å²) in [6.07, 6.45) is 6.94. The minimum atomic E-state index is -0.0163. The van der Waals surface area contributed by atoms with E-state index in [2.05, 4.69) is 9.97 Å². The number of ether oxygens (including phenoxy) is 2. The molecular formula is C23H21N3O3. The molecule has 0 N–H and O–H groups in total. The number of amides is 1. The lowest BCUT2D eigenvalue weighted by atomic mass is 10.0. The Balaban J connectivity index is 1.35. The van der Waals surface area contributed by atoms with Crippen LogP contribution in [0.2, 0.25) is 0 Å². The SMILES string of the molecule is O=C(C=Cc1cnc2ccccc2n1)N1CCCC1c1ccc2c(c1)OCCO2. The van der Waals surface area contributed by atoms with Crippen molar-refractivity contribution in [3.8, 4) is 11.5 Å². The van der Waals surface area contributed by atoms with Crippen LogP contribution in [0, 0.1) is 0 Å². The van der Waals surface area contributed by atoms with Crippen LogP contribution >= 0.6 is 0 Å². The smallest absolute Gasteiger partial charge is 0.247 e. The molecule has 0 bridgehead atoms. The van der Waals surface area contributed by atoms with Gasteiger partial charge in [-0.05, 0) is 48.7 Å². The van der Waals surface area contributed by atoms with Crippen LogP contribution in [0.5, 0.6) is 11.5 Å². The standard InChI is InChI=1S/C23H21N3O3/c27-23(10-8-17-15-24-18-4-1-2-5-19(18)25-17)26-11-3-6-20(26)16-7-9-21-22(14-16)29-13-12-28-21/h1-2,4-5,7-10,14-15,20H,3,6,11-13H2. The Morgan fingerprint density at radius 3 is 2.79 bits per heavy atom. The van der Waals surface area contributed by atoms with Gasteiger partial charge in [-0.3, -0.25) is 9.78 Å². The summed E-state index contributed by atoms with van der Waals surface area (Å²) in [4.78, 5) is 23.7. The number of carbonyl (C=O) groups is 1. The normalized spacial score (nSPS) is 18.5. The molecule has 2 aromatic carbocycles. The van der Waals surface area contributed by atoms with Gasteiger partial charge in [0.1, 0.15) is 13.2 Å². The Labute approximate surface area is 168 Å². The number of hydrogen-bond donors (Lipinski definition) is 0. The van der Waals surface area contributed by atoms with Crippen LogP contribution in [-0.2, 0) is 4.79 Å². The third-order valence-corrected chi connectivity index (χ3v) is 5.35. The van der Waals surface area contributed by atoms with E-state index in [9.17, 15) is 4.79 Å². The van der Waals surface area contributed by atoms with E-state index in [-0.39, 0.29) is 11.9 Å². The average Bonchev–Trinajstić information content (AvgIpc) is 3.27. The van der Waals surface area contributed by atoms with E-state index in [1.807, 2.05) is 47.4 Å². The molecule has 29 heavy (non-hydrogen) atoms. The molecule has 1 saturated heterocycles. The summed E-state index contributed by atoms with van der Waals surface area (Å²) in [5, 5.41) is 0. The second kappa shape index (κ2) is 7.54. The molecular weight excluding hydrogens is 366 g/mol. The van der Waals surface area contributed by atoms with E-state index in [0.29, 0.717) is 18.9 Å². The molecule has 1 amide bonds.